The molecule has 0 spiro atoms. The van der Waals surface area contributed by atoms with Crippen LogP contribution in [-0.2, 0) is 6.42 Å². The van der Waals surface area contributed by atoms with E-state index in [0.717, 1.165) is 63.5 Å². The molecule has 16 heavy (non-hydrogen) atoms. The van der Waals surface area contributed by atoms with Crippen molar-refractivity contribution in [3.8, 4) is 0 Å². The summed E-state index contributed by atoms with van der Waals surface area (Å²) in [6.45, 7) is 4.96. The molecule has 1 aliphatic heterocycles. The van der Waals surface area contributed by atoms with Crippen LogP contribution in [0.15, 0.2) is 17.5 Å². The molecule has 1 atom stereocenters. The molecular weight excluding hydrogens is 395 g/mol. The molecular formula is C10H16N5Tl. The van der Waals surface area contributed by atoms with Crippen molar-refractivity contribution in [1.82, 2.24) is 20.2 Å². The van der Waals surface area contributed by atoms with Crippen molar-refractivity contribution in [2.75, 3.05) is 19.6 Å². The first-order valence-electron chi connectivity index (χ1n) is 5.56. The van der Waals surface area contributed by atoms with Crippen LogP contribution in [0.1, 0.15) is 16.2 Å². The fourth-order valence-corrected chi connectivity index (χ4v) is 2.19. The van der Waals surface area contributed by atoms with Gasteiger partial charge in [-0.1, -0.05) is 0 Å². The zero-order valence-corrected chi connectivity index (χ0v) is 14.0. The topological polar surface area (TPSA) is 54.2 Å². The van der Waals surface area contributed by atoms with Crippen LogP contribution in [0.4, 0.5) is 0 Å². The molecule has 6 heteroatoms. The van der Waals surface area contributed by atoms with Gasteiger partial charge in [-0.25, -0.2) is 0 Å². The second-order valence-corrected chi connectivity index (χ2v) is 7.64. The van der Waals surface area contributed by atoms with Gasteiger partial charge in [0.25, 0.3) is 0 Å². The van der Waals surface area contributed by atoms with E-state index in [1.54, 1.807) is 0 Å². The molecule has 5 nitrogen and oxygen atoms in total. The molecule has 0 fully saturated rings. The van der Waals surface area contributed by atoms with Crippen molar-refractivity contribution in [3.63, 3.8) is 0 Å². The molecule has 2 rings (SSSR count). The number of nitrogens with one attached hydrogen (secondary N) is 2. The summed E-state index contributed by atoms with van der Waals surface area (Å²) in [5.41, 5.74) is 1.15. The van der Waals surface area contributed by atoms with E-state index in [1.165, 1.54) is 0 Å². The molecule has 1 unspecified atom stereocenters. The summed E-state index contributed by atoms with van der Waals surface area (Å²) in [5, 5.41) is 6.45. The zero-order valence-electron chi connectivity index (χ0n) is 9.48. The fraction of sp³-hybridized carbons (Fsp3) is 0.600. The summed E-state index contributed by atoms with van der Waals surface area (Å²) in [6, 6.07) is 0. The van der Waals surface area contributed by atoms with Crippen molar-refractivity contribution in [2.24, 2.45) is 4.99 Å². The van der Waals surface area contributed by atoms with Crippen molar-refractivity contribution < 1.29 is 0 Å². The van der Waals surface area contributed by atoms with Crippen LogP contribution in [-0.4, -0.2) is 60.9 Å². The van der Waals surface area contributed by atoms with Crippen LogP contribution >= 0.6 is 0 Å². The molecule has 2 heterocycles. The summed E-state index contributed by atoms with van der Waals surface area (Å²) in [6.07, 6.45) is 5.03. The Bertz CT molecular complexity index is 371. The predicted octanol–water partition coefficient (Wildman–Crippen LogP) is -0.339. The third-order valence-corrected chi connectivity index (χ3v) is 3.81. The second kappa shape index (κ2) is 5.65. The summed E-state index contributed by atoms with van der Waals surface area (Å²) < 4.78 is 2.85. The van der Waals surface area contributed by atoms with E-state index in [4.69, 9.17) is 0 Å². The van der Waals surface area contributed by atoms with Gasteiger partial charge in [0.2, 0.25) is 0 Å². The first-order valence-corrected chi connectivity index (χ1v) is 8.15. The Morgan fingerprint density at radius 2 is 2.56 bits per heavy atom. The first-order chi connectivity index (χ1) is 7.75. The Kier molecular flexibility index (Phi) is 4.19. The van der Waals surface area contributed by atoms with Gasteiger partial charge in [0.1, 0.15) is 0 Å². The van der Waals surface area contributed by atoms with Gasteiger partial charge in [0.05, 0.1) is 0 Å². The van der Waals surface area contributed by atoms with Gasteiger partial charge < -0.3 is 0 Å². The van der Waals surface area contributed by atoms with E-state index in [-0.39, 0.29) is 0 Å². The molecule has 0 aliphatic carbocycles. The van der Waals surface area contributed by atoms with Gasteiger partial charge in [-0.05, 0) is 0 Å². The minimum absolute atomic E-state index is 0.648. The first kappa shape index (κ1) is 11.9. The van der Waals surface area contributed by atoms with Gasteiger partial charge in [-0.2, -0.15) is 0 Å². The number of aromatic nitrogens is 2. The summed E-state index contributed by atoms with van der Waals surface area (Å²) >= 11 is 0.960. The summed E-state index contributed by atoms with van der Waals surface area (Å²) in [4.78, 5) is 8.67. The number of hydrogen-bond donors (Lipinski definition) is 2. The maximum absolute atomic E-state index is 4.39. The molecule has 2 N–H and O–H groups in total. The third kappa shape index (κ3) is 3.19. The Balaban J connectivity index is 1.76. The number of rotatable bonds is 4. The summed E-state index contributed by atoms with van der Waals surface area (Å²) in [5.74, 6) is 0.928. The molecule has 1 aromatic heterocycles. The number of aliphatic imine (C=N–C) groups is 1. The molecule has 0 amide bonds. The standard InChI is InChI=1S/C10H16N5.Tl/c1-2-15-7-9(14-8-15)3-4-11-10-12-5-6-13-10;/h2,7-8H,3-6H2,1H3,(H2,11,12,13);. The van der Waals surface area contributed by atoms with E-state index >= 15 is 0 Å². The molecule has 1 aromatic rings. The Hall–Kier alpha value is -0.598. The van der Waals surface area contributed by atoms with Crippen LogP contribution < -0.4 is 10.6 Å². The van der Waals surface area contributed by atoms with Crippen LogP contribution in [0, 0.1) is 0 Å². The van der Waals surface area contributed by atoms with Gasteiger partial charge >= 0.3 is 112 Å². The monoisotopic (exact) mass is 411 g/mol. The zero-order chi connectivity index (χ0) is 11.4. The van der Waals surface area contributed by atoms with Crippen LogP contribution in [0.25, 0.3) is 0 Å². The SMILES string of the molecule is C[CH]([Tl])n1cnc(CCNC2=NCCN2)c1. The Morgan fingerprint density at radius 3 is 3.19 bits per heavy atom. The number of hydrogen-bond acceptors (Lipinski definition) is 4. The number of nitrogens with zero attached hydrogens (tertiary/aromatic N) is 3. The van der Waals surface area contributed by atoms with E-state index in [0.29, 0.717) is 3.60 Å². The third-order valence-electron chi connectivity index (χ3n) is 2.47. The Labute approximate surface area is 111 Å². The van der Waals surface area contributed by atoms with E-state index in [9.17, 15) is 0 Å². The van der Waals surface area contributed by atoms with Crippen molar-refractivity contribution in [3.05, 3.63) is 18.2 Å². The Morgan fingerprint density at radius 1 is 1.69 bits per heavy atom. The fourth-order valence-electron chi connectivity index (χ4n) is 1.56. The molecule has 0 aromatic carbocycles. The van der Waals surface area contributed by atoms with Crippen molar-refractivity contribution >= 4 is 31.7 Å². The average Bonchev–Trinajstić information content (AvgIpc) is 2.87. The van der Waals surface area contributed by atoms with Crippen molar-refractivity contribution in [2.45, 2.75) is 16.9 Å². The quantitative estimate of drug-likeness (QED) is 0.668. The minimum atomic E-state index is 0.648. The van der Waals surface area contributed by atoms with Crippen LogP contribution in [0.3, 0.4) is 0 Å². The van der Waals surface area contributed by atoms with Gasteiger partial charge in [-0.15, -0.1) is 0 Å². The van der Waals surface area contributed by atoms with Crippen molar-refractivity contribution in [1.29, 1.82) is 0 Å². The second-order valence-electron chi connectivity index (χ2n) is 3.89. The van der Waals surface area contributed by atoms with Crippen LogP contribution in [0.2, 0.25) is 0 Å². The van der Waals surface area contributed by atoms with E-state index in [1.807, 2.05) is 6.33 Å². The average molecular weight is 411 g/mol. The maximum atomic E-state index is 4.39. The molecule has 0 radical (unpaired) electrons. The molecule has 84 valence electrons. The normalized spacial score (nSPS) is 16.6. The molecule has 0 bridgehead atoms. The molecule has 1 aliphatic rings. The molecule has 0 saturated carbocycles. The van der Waals surface area contributed by atoms with E-state index in [2.05, 4.69) is 38.3 Å². The summed E-state index contributed by atoms with van der Waals surface area (Å²) in [7, 11) is 0. The number of guanidine groups is 1. The predicted molar refractivity (Wildman–Crippen MR) is 64.7 cm³/mol. The molecule has 0 saturated heterocycles. The van der Waals surface area contributed by atoms with Crippen LogP contribution in [0.5, 0.6) is 0 Å². The van der Waals surface area contributed by atoms with E-state index < -0.39 is 0 Å². The van der Waals surface area contributed by atoms with Gasteiger partial charge in [-0.3, -0.25) is 0 Å². The number of imidazole rings is 1. The van der Waals surface area contributed by atoms with Gasteiger partial charge in [0.15, 0.2) is 0 Å². The van der Waals surface area contributed by atoms with Gasteiger partial charge in [0, 0.05) is 0 Å².